The average molecular weight is 311 g/mol. The Kier molecular flexibility index (Phi) is 5.14. The number of halogens is 1. The number of pyridine rings is 1. The Labute approximate surface area is 128 Å². The standard InChI is InChI=1S/C14H19ClN4O2/c1-9(2)8-21-10(3)14(20)16-6-13-18-17-12-5-4-11(15)7-19(12)13/h4-5,7,9-10H,6,8H2,1-3H3,(H,16,20)/t10-/m0/s1. The molecule has 0 saturated heterocycles. The van der Waals surface area contributed by atoms with Crippen LogP contribution in [0.4, 0.5) is 0 Å². The molecule has 0 unspecified atom stereocenters. The zero-order valence-corrected chi connectivity index (χ0v) is 13.1. The number of rotatable bonds is 6. The second-order valence-corrected chi connectivity index (χ2v) is 5.72. The number of aromatic nitrogens is 3. The van der Waals surface area contributed by atoms with E-state index in [4.69, 9.17) is 16.3 Å². The SMILES string of the molecule is CC(C)CO[C@@H](C)C(=O)NCc1nnc2ccc(Cl)cn12. The lowest BCUT2D eigenvalue weighted by molar-refractivity contribution is -0.132. The molecule has 0 saturated carbocycles. The van der Waals surface area contributed by atoms with Crippen LogP contribution >= 0.6 is 11.6 Å². The minimum Gasteiger partial charge on any atom is -0.368 e. The number of hydrogen-bond donors (Lipinski definition) is 1. The van der Waals surface area contributed by atoms with Crippen molar-refractivity contribution in [3.63, 3.8) is 0 Å². The van der Waals surface area contributed by atoms with Gasteiger partial charge >= 0.3 is 0 Å². The zero-order chi connectivity index (χ0) is 15.4. The van der Waals surface area contributed by atoms with E-state index in [0.29, 0.717) is 29.0 Å². The normalized spacial score (nSPS) is 12.8. The van der Waals surface area contributed by atoms with E-state index in [0.717, 1.165) is 0 Å². The first kappa shape index (κ1) is 15.7. The maximum absolute atomic E-state index is 11.9. The summed E-state index contributed by atoms with van der Waals surface area (Å²) in [5.41, 5.74) is 0.688. The fourth-order valence-electron chi connectivity index (χ4n) is 1.76. The third-order valence-electron chi connectivity index (χ3n) is 2.91. The predicted molar refractivity (Wildman–Crippen MR) is 80.1 cm³/mol. The minimum atomic E-state index is -0.491. The molecular weight excluding hydrogens is 292 g/mol. The van der Waals surface area contributed by atoms with Crippen molar-refractivity contribution < 1.29 is 9.53 Å². The summed E-state index contributed by atoms with van der Waals surface area (Å²) in [6.45, 7) is 6.64. The molecule has 2 heterocycles. The molecule has 2 aromatic rings. The van der Waals surface area contributed by atoms with E-state index >= 15 is 0 Å². The van der Waals surface area contributed by atoms with E-state index in [1.807, 2.05) is 13.8 Å². The molecule has 0 aromatic carbocycles. The summed E-state index contributed by atoms with van der Waals surface area (Å²) in [4.78, 5) is 11.9. The van der Waals surface area contributed by atoms with Crippen molar-refractivity contribution >= 4 is 23.2 Å². The Balaban J connectivity index is 1.95. The summed E-state index contributed by atoms with van der Waals surface area (Å²) >= 11 is 5.95. The maximum Gasteiger partial charge on any atom is 0.249 e. The molecule has 7 heteroatoms. The highest BCUT2D eigenvalue weighted by Gasteiger charge is 2.15. The van der Waals surface area contributed by atoms with E-state index in [9.17, 15) is 4.79 Å². The van der Waals surface area contributed by atoms with Crippen molar-refractivity contribution in [2.45, 2.75) is 33.4 Å². The molecule has 0 aliphatic carbocycles. The van der Waals surface area contributed by atoms with Crippen LogP contribution in [0.3, 0.4) is 0 Å². The monoisotopic (exact) mass is 310 g/mol. The minimum absolute atomic E-state index is 0.172. The number of nitrogens with zero attached hydrogens (tertiary/aromatic N) is 3. The Hall–Kier alpha value is -1.66. The Morgan fingerprint density at radius 1 is 1.38 bits per heavy atom. The molecule has 0 fully saturated rings. The average Bonchev–Trinajstić information content (AvgIpc) is 2.84. The molecule has 0 spiro atoms. The van der Waals surface area contributed by atoms with Gasteiger partial charge in [0.1, 0.15) is 6.10 Å². The summed E-state index contributed by atoms with van der Waals surface area (Å²) in [6, 6.07) is 3.52. The van der Waals surface area contributed by atoms with Crippen molar-refractivity contribution in [1.29, 1.82) is 0 Å². The van der Waals surface area contributed by atoms with Crippen LogP contribution in [0.25, 0.3) is 5.65 Å². The summed E-state index contributed by atoms with van der Waals surface area (Å²) < 4.78 is 7.22. The number of nitrogens with one attached hydrogen (secondary N) is 1. The van der Waals surface area contributed by atoms with Crippen LogP contribution in [0, 0.1) is 5.92 Å². The molecule has 1 atom stereocenters. The fraction of sp³-hybridized carbons (Fsp3) is 0.500. The van der Waals surface area contributed by atoms with Gasteiger partial charge in [-0.15, -0.1) is 10.2 Å². The number of carbonyl (C=O) groups is 1. The lowest BCUT2D eigenvalue weighted by atomic mass is 10.2. The first-order chi connectivity index (χ1) is 9.97. The molecule has 0 aliphatic heterocycles. The summed E-state index contributed by atoms with van der Waals surface area (Å²) in [5.74, 6) is 0.842. The first-order valence-electron chi connectivity index (χ1n) is 6.86. The van der Waals surface area contributed by atoms with Gasteiger partial charge in [-0.05, 0) is 25.0 Å². The molecule has 114 valence electrons. The summed E-state index contributed by atoms with van der Waals surface area (Å²) in [6.07, 6.45) is 1.23. The number of ether oxygens (including phenoxy) is 1. The lowest BCUT2D eigenvalue weighted by Gasteiger charge is -2.14. The van der Waals surface area contributed by atoms with Crippen LogP contribution in [0.15, 0.2) is 18.3 Å². The van der Waals surface area contributed by atoms with E-state index in [1.165, 1.54) is 0 Å². The summed E-state index contributed by atoms with van der Waals surface area (Å²) in [7, 11) is 0. The van der Waals surface area contributed by atoms with Crippen molar-refractivity contribution in [1.82, 2.24) is 19.9 Å². The highest BCUT2D eigenvalue weighted by molar-refractivity contribution is 6.30. The maximum atomic E-state index is 11.9. The number of fused-ring (bicyclic) bond motifs is 1. The Bertz CT molecular complexity index is 626. The number of hydrogen-bond acceptors (Lipinski definition) is 4. The van der Waals surface area contributed by atoms with Crippen molar-refractivity contribution in [3.05, 3.63) is 29.2 Å². The molecule has 2 rings (SSSR count). The fourth-order valence-corrected chi connectivity index (χ4v) is 1.92. The van der Waals surface area contributed by atoms with Gasteiger partial charge in [0.25, 0.3) is 0 Å². The zero-order valence-electron chi connectivity index (χ0n) is 12.3. The third-order valence-corrected chi connectivity index (χ3v) is 3.13. The van der Waals surface area contributed by atoms with Gasteiger partial charge in [0.05, 0.1) is 11.6 Å². The van der Waals surface area contributed by atoms with Crippen LogP contribution in [-0.2, 0) is 16.1 Å². The van der Waals surface area contributed by atoms with Gasteiger partial charge in [0.15, 0.2) is 11.5 Å². The van der Waals surface area contributed by atoms with Crippen molar-refractivity contribution in [2.75, 3.05) is 6.61 Å². The molecule has 6 nitrogen and oxygen atoms in total. The van der Waals surface area contributed by atoms with E-state index < -0.39 is 6.10 Å². The Morgan fingerprint density at radius 3 is 2.86 bits per heavy atom. The summed E-state index contributed by atoms with van der Waals surface area (Å²) in [5, 5.41) is 11.4. The largest absolute Gasteiger partial charge is 0.368 e. The van der Waals surface area contributed by atoms with E-state index in [1.54, 1.807) is 29.7 Å². The van der Waals surface area contributed by atoms with Gasteiger partial charge < -0.3 is 10.1 Å². The van der Waals surface area contributed by atoms with Gasteiger partial charge in [-0.2, -0.15) is 0 Å². The van der Waals surface area contributed by atoms with Gasteiger partial charge in [0, 0.05) is 12.8 Å². The molecular formula is C14H19ClN4O2. The Morgan fingerprint density at radius 2 is 2.14 bits per heavy atom. The van der Waals surface area contributed by atoms with Crippen LogP contribution < -0.4 is 5.32 Å². The number of carbonyl (C=O) groups excluding carboxylic acids is 1. The quantitative estimate of drug-likeness (QED) is 0.886. The molecule has 0 radical (unpaired) electrons. The lowest BCUT2D eigenvalue weighted by Crippen LogP contribution is -2.35. The second-order valence-electron chi connectivity index (χ2n) is 5.28. The van der Waals surface area contributed by atoms with Gasteiger partial charge in [0.2, 0.25) is 5.91 Å². The first-order valence-corrected chi connectivity index (χ1v) is 7.23. The van der Waals surface area contributed by atoms with Crippen LogP contribution in [-0.4, -0.2) is 33.2 Å². The topological polar surface area (TPSA) is 68.5 Å². The van der Waals surface area contributed by atoms with Crippen molar-refractivity contribution in [2.24, 2.45) is 5.92 Å². The van der Waals surface area contributed by atoms with Gasteiger partial charge in [-0.3, -0.25) is 9.20 Å². The molecule has 1 amide bonds. The molecule has 0 aliphatic rings. The molecule has 0 bridgehead atoms. The molecule has 21 heavy (non-hydrogen) atoms. The van der Waals surface area contributed by atoms with Crippen LogP contribution in [0.1, 0.15) is 26.6 Å². The smallest absolute Gasteiger partial charge is 0.249 e. The second kappa shape index (κ2) is 6.87. The van der Waals surface area contributed by atoms with Gasteiger partial charge in [-0.25, -0.2) is 0 Å². The van der Waals surface area contributed by atoms with Crippen molar-refractivity contribution in [3.8, 4) is 0 Å². The molecule has 1 N–H and O–H groups in total. The molecule has 2 aromatic heterocycles. The van der Waals surface area contributed by atoms with E-state index in [-0.39, 0.29) is 12.5 Å². The highest BCUT2D eigenvalue weighted by Crippen LogP contribution is 2.11. The number of amides is 1. The predicted octanol–water partition coefficient (Wildman–Crippen LogP) is 2.06. The van der Waals surface area contributed by atoms with Crippen LogP contribution in [0.5, 0.6) is 0 Å². The van der Waals surface area contributed by atoms with Gasteiger partial charge in [-0.1, -0.05) is 25.4 Å². The van der Waals surface area contributed by atoms with E-state index in [2.05, 4.69) is 15.5 Å². The third kappa shape index (κ3) is 4.15. The van der Waals surface area contributed by atoms with Crippen LogP contribution in [0.2, 0.25) is 5.02 Å². The highest BCUT2D eigenvalue weighted by atomic mass is 35.5.